The van der Waals surface area contributed by atoms with E-state index in [9.17, 15) is 0 Å². The molecule has 0 saturated carbocycles. The van der Waals surface area contributed by atoms with Crippen molar-refractivity contribution in [2.24, 2.45) is 0 Å². The van der Waals surface area contributed by atoms with E-state index in [1.165, 1.54) is 80.7 Å². The third-order valence-electron chi connectivity index (χ3n) is 8.57. The molecule has 2 aromatic heterocycles. The highest BCUT2D eigenvalue weighted by Crippen LogP contribution is 2.45. The van der Waals surface area contributed by atoms with Crippen LogP contribution in [0.15, 0.2) is 152 Å². The van der Waals surface area contributed by atoms with E-state index in [-0.39, 0.29) is 0 Å². The van der Waals surface area contributed by atoms with E-state index in [0.29, 0.717) is 0 Å². The van der Waals surface area contributed by atoms with E-state index in [2.05, 4.69) is 156 Å². The van der Waals surface area contributed by atoms with Gasteiger partial charge in [0, 0.05) is 36.6 Å². The van der Waals surface area contributed by atoms with Crippen molar-refractivity contribution in [3.8, 4) is 27.9 Å². The minimum Gasteiger partial charge on any atom is -0.309 e. The highest BCUT2D eigenvalue weighted by atomic mass is 32.1. The van der Waals surface area contributed by atoms with Gasteiger partial charge in [0.05, 0.1) is 11.0 Å². The first-order valence-electron chi connectivity index (χ1n) is 14.4. The molecule has 2 heteroatoms. The zero-order valence-electron chi connectivity index (χ0n) is 22.8. The van der Waals surface area contributed by atoms with Crippen molar-refractivity contribution >= 4 is 64.1 Å². The van der Waals surface area contributed by atoms with Gasteiger partial charge in [-0.3, -0.25) is 0 Å². The Bertz CT molecular complexity index is 2450. The number of aromatic nitrogens is 1. The Hall–Kier alpha value is -5.18. The van der Waals surface area contributed by atoms with Gasteiger partial charge >= 0.3 is 0 Å². The Morgan fingerprint density at radius 3 is 1.76 bits per heavy atom. The van der Waals surface area contributed by atoms with Crippen LogP contribution >= 0.6 is 11.3 Å². The lowest BCUT2D eigenvalue weighted by molar-refractivity contribution is 1.19. The molecule has 2 heterocycles. The van der Waals surface area contributed by atoms with Gasteiger partial charge in [-0.25, -0.2) is 0 Å². The molecule has 0 radical (unpaired) electrons. The molecule has 9 rings (SSSR count). The van der Waals surface area contributed by atoms with E-state index in [1.807, 2.05) is 11.3 Å². The minimum absolute atomic E-state index is 1.19. The maximum atomic E-state index is 2.45. The quantitative estimate of drug-likeness (QED) is 0.206. The van der Waals surface area contributed by atoms with Crippen molar-refractivity contribution in [3.63, 3.8) is 0 Å². The summed E-state index contributed by atoms with van der Waals surface area (Å²) in [6, 6.07) is 55.4. The molecule has 0 N–H and O–H groups in total. The second-order valence-corrected chi connectivity index (χ2v) is 12.1. The molecule has 1 nitrogen and oxygen atoms in total. The predicted octanol–water partition coefficient (Wildman–Crippen LogP) is 11.6. The molecule has 0 bridgehead atoms. The van der Waals surface area contributed by atoms with Gasteiger partial charge < -0.3 is 4.57 Å². The van der Waals surface area contributed by atoms with Crippen LogP contribution in [0.4, 0.5) is 0 Å². The molecule has 9 aromatic rings. The summed E-state index contributed by atoms with van der Waals surface area (Å²) in [5.74, 6) is 0. The molecule has 0 amide bonds. The first-order chi connectivity index (χ1) is 20.8. The summed E-state index contributed by atoms with van der Waals surface area (Å²) >= 11 is 1.89. The van der Waals surface area contributed by atoms with Crippen molar-refractivity contribution in [1.82, 2.24) is 4.57 Å². The Kier molecular flexibility index (Phi) is 5.13. The summed E-state index contributed by atoms with van der Waals surface area (Å²) in [5, 5.41) is 7.79. The molecule has 0 atom stereocenters. The van der Waals surface area contributed by atoms with Gasteiger partial charge in [-0.1, -0.05) is 103 Å². The number of thiophene rings is 1. The Labute approximate surface area is 247 Å². The van der Waals surface area contributed by atoms with Crippen LogP contribution in [0.2, 0.25) is 0 Å². The first kappa shape index (κ1) is 23.5. The first-order valence-corrected chi connectivity index (χ1v) is 15.2. The number of nitrogens with zero attached hydrogens (tertiary/aromatic N) is 1. The van der Waals surface area contributed by atoms with E-state index >= 15 is 0 Å². The van der Waals surface area contributed by atoms with Gasteiger partial charge in [0.1, 0.15) is 0 Å². The Morgan fingerprint density at radius 2 is 1.00 bits per heavy atom. The largest absolute Gasteiger partial charge is 0.309 e. The van der Waals surface area contributed by atoms with Gasteiger partial charge in [-0.2, -0.15) is 0 Å². The van der Waals surface area contributed by atoms with Crippen molar-refractivity contribution in [1.29, 1.82) is 0 Å². The highest BCUT2D eigenvalue weighted by molar-refractivity contribution is 7.26. The minimum atomic E-state index is 1.19. The lowest BCUT2D eigenvalue weighted by atomic mass is 9.99. The molecule has 0 aliphatic heterocycles. The topological polar surface area (TPSA) is 4.93 Å². The molecule has 0 aliphatic carbocycles. The fourth-order valence-electron chi connectivity index (χ4n) is 6.59. The van der Waals surface area contributed by atoms with Gasteiger partial charge in [0.2, 0.25) is 0 Å². The standard InChI is InChI=1S/C40H25NS/c1-3-9-26(10-4-1)30-16-19-35-33(24-30)39-36(41(35)32-18-15-28-13-7-8-14-29(28)23-32)20-22-38-40(39)34-25-31(17-21-37(34)42-38)27-11-5-2-6-12-27/h1-25H. The smallest absolute Gasteiger partial charge is 0.0548 e. The average Bonchev–Trinajstić information content (AvgIpc) is 3.60. The zero-order valence-corrected chi connectivity index (χ0v) is 23.6. The molecule has 42 heavy (non-hydrogen) atoms. The number of hydrogen-bond donors (Lipinski definition) is 0. The van der Waals surface area contributed by atoms with Crippen molar-refractivity contribution < 1.29 is 0 Å². The summed E-state index contributed by atoms with van der Waals surface area (Å²) in [6.45, 7) is 0. The maximum absolute atomic E-state index is 2.45. The molecule has 0 spiro atoms. The summed E-state index contributed by atoms with van der Waals surface area (Å²) in [6.07, 6.45) is 0. The van der Waals surface area contributed by atoms with Gasteiger partial charge in [-0.05, 0) is 81.6 Å². The molecule has 0 unspecified atom stereocenters. The van der Waals surface area contributed by atoms with Gasteiger partial charge in [0.25, 0.3) is 0 Å². The van der Waals surface area contributed by atoms with E-state index in [0.717, 1.165) is 0 Å². The van der Waals surface area contributed by atoms with Crippen molar-refractivity contribution in [2.45, 2.75) is 0 Å². The molecule has 196 valence electrons. The lowest BCUT2D eigenvalue weighted by Gasteiger charge is -2.10. The van der Waals surface area contributed by atoms with Crippen LogP contribution in [0.1, 0.15) is 0 Å². The number of benzene rings is 7. The molecule has 0 saturated heterocycles. The third kappa shape index (κ3) is 3.56. The normalized spacial score (nSPS) is 11.8. The van der Waals surface area contributed by atoms with Crippen LogP contribution in [-0.4, -0.2) is 4.57 Å². The van der Waals surface area contributed by atoms with Crippen LogP contribution in [0.25, 0.3) is 80.7 Å². The fourth-order valence-corrected chi connectivity index (χ4v) is 7.69. The molecule has 0 fully saturated rings. The van der Waals surface area contributed by atoms with Gasteiger partial charge in [-0.15, -0.1) is 11.3 Å². The van der Waals surface area contributed by atoms with Crippen LogP contribution in [0.3, 0.4) is 0 Å². The average molecular weight is 552 g/mol. The molecule has 7 aromatic carbocycles. The second kappa shape index (κ2) is 9.17. The van der Waals surface area contributed by atoms with E-state index < -0.39 is 0 Å². The van der Waals surface area contributed by atoms with Crippen molar-refractivity contribution in [3.05, 3.63) is 152 Å². The van der Waals surface area contributed by atoms with Crippen LogP contribution < -0.4 is 0 Å². The van der Waals surface area contributed by atoms with Crippen LogP contribution in [0.5, 0.6) is 0 Å². The highest BCUT2D eigenvalue weighted by Gasteiger charge is 2.19. The zero-order chi connectivity index (χ0) is 27.6. The van der Waals surface area contributed by atoms with Crippen LogP contribution in [-0.2, 0) is 0 Å². The fraction of sp³-hybridized carbons (Fsp3) is 0. The van der Waals surface area contributed by atoms with Gasteiger partial charge in [0.15, 0.2) is 0 Å². The Balaban J connectivity index is 1.42. The van der Waals surface area contributed by atoms with Crippen molar-refractivity contribution in [2.75, 3.05) is 0 Å². The molecule has 0 aliphatic rings. The summed E-state index contributed by atoms with van der Waals surface area (Å²) < 4.78 is 5.10. The maximum Gasteiger partial charge on any atom is 0.0548 e. The third-order valence-corrected chi connectivity index (χ3v) is 9.70. The number of fused-ring (bicyclic) bond motifs is 8. The van der Waals surface area contributed by atoms with E-state index in [1.54, 1.807) is 0 Å². The molecular weight excluding hydrogens is 527 g/mol. The summed E-state index contributed by atoms with van der Waals surface area (Å²) in [4.78, 5) is 0. The van der Waals surface area contributed by atoms with E-state index in [4.69, 9.17) is 0 Å². The number of rotatable bonds is 3. The second-order valence-electron chi connectivity index (χ2n) is 11.0. The monoisotopic (exact) mass is 551 g/mol. The molecular formula is C40H25NS. The Morgan fingerprint density at radius 1 is 0.381 bits per heavy atom. The van der Waals surface area contributed by atoms with Crippen LogP contribution in [0, 0.1) is 0 Å². The summed E-state index contributed by atoms with van der Waals surface area (Å²) in [7, 11) is 0. The lowest BCUT2D eigenvalue weighted by Crippen LogP contribution is -1.93. The summed E-state index contributed by atoms with van der Waals surface area (Å²) in [5.41, 5.74) is 8.62. The predicted molar refractivity (Wildman–Crippen MR) is 182 cm³/mol. The number of hydrogen-bond acceptors (Lipinski definition) is 1. The SMILES string of the molecule is c1ccc(-c2ccc3sc4ccc5c(c6cc(-c7ccccc7)ccc6n5-c5ccc6ccccc6c5)c4c3c2)cc1.